The van der Waals surface area contributed by atoms with Crippen LogP contribution < -0.4 is 20.5 Å². The topological polar surface area (TPSA) is 73.6 Å². The zero-order valence-corrected chi connectivity index (χ0v) is 12.8. The number of hydrogen-bond acceptors (Lipinski definition) is 4. The Bertz CT molecular complexity index is 491. The van der Waals surface area contributed by atoms with Crippen molar-refractivity contribution in [2.75, 3.05) is 18.5 Å². The van der Waals surface area contributed by atoms with Crippen molar-refractivity contribution in [1.82, 2.24) is 0 Å². The van der Waals surface area contributed by atoms with Gasteiger partial charge in [-0.1, -0.05) is 12.2 Å². The van der Waals surface area contributed by atoms with E-state index in [-0.39, 0.29) is 10.9 Å². The highest BCUT2D eigenvalue weighted by Gasteiger charge is 2.17. The molecule has 1 unspecified atom stereocenters. The highest BCUT2D eigenvalue weighted by atomic mass is 32.1. The Balaban J connectivity index is 2.97. The van der Waals surface area contributed by atoms with E-state index >= 15 is 0 Å². The summed E-state index contributed by atoms with van der Waals surface area (Å²) in [6, 6.07) is 5.27. The van der Waals surface area contributed by atoms with Crippen molar-refractivity contribution in [3.8, 4) is 11.5 Å². The number of anilines is 1. The quantitative estimate of drug-likeness (QED) is 0.756. The first-order valence-electron chi connectivity index (χ1n) is 6.49. The summed E-state index contributed by atoms with van der Waals surface area (Å²) >= 11 is 4.82. The molecule has 1 aromatic rings. The lowest BCUT2D eigenvalue weighted by molar-refractivity contribution is -0.117. The summed E-state index contributed by atoms with van der Waals surface area (Å²) < 4.78 is 10.9. The highest BCUT2D eigenvalue weighted by molar-refractivity contribution is 7.80. The third-order valence-electron chi connectivity index (χ3n) is 2.64. The van der Waals surface area contributed by atoms with Gasteiger partial charge in [0.25, 0.3) is 0 Å². The molecule has 0 aliphatic carbocycles. The fourth-order valence-electron chi connectivity index (χ4n) is 1.51. The van der Waals surface area contributed by atoms with Gasteiger partial charge in [-0.05, 0) is 32.9 Å². The van der Waals surface area contributed by atoms with Gasteiger partial charge in [-0.25, -0.2) is 0 Å². The van der Waals surface area contributed by atoms with Gasteiger partial charge in [0.05, 0.1) is 29.8 Å². The molecule has 1 aromatic carbocycles. The number of amides is 1. The highest BCUT2D eigenvalue weighted by Crippen LogP contribution is 2.29. The number of carbonyl (C=O) groups is 1. The number of thiocarbonyl (C=S) groups is 1. The molecule has 0 bridgehead atoms. The monoisotopic (exact) mass is 296 g/mol. The number of benzene rings is 1. The Labute approximate surface area is 124 Å². The fourth-order valence-corrected chi connectivity index (χ4v) is 1.62. The second kappa shape index (κ2) is 7.69. The molecule has 0 saturated carbocycles. The maximum absolute atomic E-state index is 12.0. The summed E-state index contributed by atoms with van der Waals surface area (Å²) in [4.78, 5) is 12.2. The van der Waals surface area contributed by atoms with E-state index in [0.29, 0.717) is 30.4 Å². The third kappa shape index (κ3) is 4.38. The Hall–Kier alpha value is -1.82. The van der Waals surface area contributed by atoms with E-state index in [0.717, 1.165) is 0 Å². The van der Waals surface area contributed by atoms with Gasteiger partial charge in [0.1, 0.15) is 11.5 Å². The van der Waals surface area contributed by atoms with Crippen LogP contribution in [0.1, 0.15) is 20.8 Å². The van der Waals surface area contributed by atoms with Crippen molar-refractivity contribution in [3.63, 3.8) is 0 Å². The maximum Gasteiger partial charge on any atom is 0.234 e. The van der Waals surface area contributed by atoms with E-state index in [4.69, 9.17) is 27.4 Å². The maximum atomic E-state index is 12.0. The van der Waals surface area contributed by atoms with Crippen LogP contribution in [0, 0.1) is 5.92 Å². The SMILES string of the molecule is CCOc1ccc(OCC)c(NC(=O)C(C)C(N)=S)c1. The van der Waals surface area contributed by atoms with Gasteiger partial charge >= 0.3 is 0 Å². The lowest BCUT2D eigenvalue weighted by Crippen LogP contribution is -2.31. The average Bonchev–Trinajstić information content (AvgIpc) is 2.41. The molecule has 1 rings (SSSR count). The van der Waals surface area contributed by atoms with Crippen molar-refractivity contribution >= 4 is 28.8 Å². The fraction of sp³-hybridized carbons (Fsp3) is 0.429. The summed E-state index contributed by atoms with van der Waals surface area (Å²) in [5, 5.41) is 2.76. The summed E-state index contributed by atoms with van der Waals surface area (Å²) in [5.41, 5.74) is 6.03. The summed E-state index contributed by atoms with van der Waals surface area (Å²) in [6.07, 6.45) is 0. The number of nitrogens with one attached hydrogen (secondary N) is 1. The molecule has 1 atom stereocenters. The number of carbonyl (C=O) groups excluding carboxylic acids is 1. The molecule has 110 valence electrons. The first-order chi connectivity index (χ1) is 9.49. The lowest BCUT2D eigenvalue weighted by atomic mass is 10.1. The lowest BCUT2D eigenvalue weighted by Gasteiger charge is -2.15. The van der Waals surface area contributed by atoms with Gasteiger partial charge in [0.15, 0.2) is 0 Å². The molecule has 0 saturated heterocycles. The second-order valence-corrected chi connectivity index (χ2v) is 4.61. The zero-order chi connectivity index (χ0) is 15.1. The van der Waals surface area contributed by atoms with Crippen LogP contribution in [-0.4, -0.2) is 24.1 Å². The van der Waals surface area contributed by atoms with E-state index in [1.165, 1.54) is 0 Å². The van der Waals surface area contributed by atoms with Crippen molar-refractivity contribution in [2.24, 2.45) is 11.7 Å². The first kappa shape index (κ1) is 16.2. The van der Waals surface area contributed by atoms with Gasteiger partial charge in [0, 0.05) is 6.07 Å². The smallest absolute Gasteiger partial charge is 0.234 e. The average molecular weight is 296 g/mol. The molecular formula is C14H20N2O3S. The molecule has 0 aliphatic heterocycles. The van der Waals surface area contributed by atoms with Gasteiger partial charge < -0.3 is 20.5 Å². The summed E-state index contributed by atoms with van der Waals surface area (Å²) in [6.45, 7) is 6.47. The third-order valence-corrected chi connectivity index (χ3v) is 2.99. The molecular weight excluding hydrogens is 276 g/mol. The predicted octanol–water partition coefficient (Wildman–Crippen LogP) is 2.34. The normalized spacial score (nSPS) is 11.6. The van der Waals surface area contributed by atoms with E-state index in [2.05, 4.69) is 5.32 Å². The van der Waals surface area contributed by atoms with Crippen LogP contribution in [0.4, 0.5) is 5.69 Å². The van der Waals surface area contributed by atoms with Gasteiger partial charge in [0.2, 0.25) is 5.91 Å². The minimum atomic E-state index is -0.546. The number of ether oxygens (including phenoxy) is 2. The molecule has 0 spiro atoms. The number of hydrogen-bond donors (Lipinski definition) is 2. The van der Waals surface area contributed by atoms with Crippen molar-refractivity contribution < 1.29 is 14.3 Å². The minimum Gasteiger partial charge on any atom is -0.494 e. The molecule has 6 heteroatoms. The van der Waals surface area contributed by atoms with Gasteiger partial charge in [-0.2, -0.15) is 0 Å². The minimum absolute atomic E-state index is 0.154. The van der Waals surface area contributed by atoms with E-state index < -0.39 is 5.92 Å². The van der Waals surface area contributed by atoms with Crippen LogP contribution >= 0.6 is 12.2 Å². The van der Waals surface area contributed by atoms with Gasteiger partial charge in [-0.15, -0.1) is 0 Å². The molecule has 0 aliphatic rings. The first-order valence-corrected chi connectivity index (χ1v) is 6.90. The van der Waals surface area contributed by atoms with E-state index in [9.17, 15) is 4.79 Å². The molecule has 0 heterocycles. The second-order valence-electron chi connectivity index (χ2n) is 4.14. The number of rotatable bonds is 7. The van der Waals surface area contributed by atoms with E-state index in [1.807, 2.05) is 13.8 Å². The van der Waals surface area contributed by atoms with Crippen LogP contribution in [0.3, 0.4) is 0 Å². The largest absolute Gasteiger partial charge is 0.494 e. The van der Waals surface area contributed by atoms with Crippen molar-refractivity contribution in [3.05, 3.63) is 18.2 Å². The van der Waals surface area contributed by atoms with Crippen LogP contribution in [0.25, 0.3) is 0 Å². The zero-order valence-electron chi connectivity index (χ0n) is 11.9. The molecule has 0 radical (unpaired) electrons. The standard InChI is InChI=1S/C14H20N2O3S/c1-4-18-10-6-7-12(19-5-2)11(8-10)16-14(17)9(3)13(15)20/h6-9H,4-5H2,1-3H3,(H2,15,20)(H,16,17). The Morgan fingerprint density at radius 3 is 2.55 bits per heavy atom. The molecule has 0 fully saturated rings. The van der Waals surface area contributed by atoms with Gasteiger partial charge in [-0.3, -0.25) is 4.79 Å². The van der Waals surface area contributed by atoms with Crippen molar-refractivity contribution in [2.45, 2.75) is 20.8 Å². The van der Waals surface area contributed by atoms with Crippen LogP contribution in [0.2, 0.25) is 0 Å². The molecule has 0 aromatic heterocycles. The van der Waals surface area contributed by atoms with Crippen LogP contribution in [0.5, 0.6) is 11.5 Å². The van der Waals surface area contributed by atoms with Crippen LogP contribution in [0.15, 0.2) is 18.2 Å². The molecule has 1 amide bonds. The predicted molar refractivity (Wildman–Crippen MR) is 83.4 cm³/mol. The molecule has 5 nitrogen and oxygen atoms in total. The van der Waals surface area contributed by atoms with E-state index in [1.54, 1.807) is 25.1 Å². The Morgan fingerprint density at radius 1 is 1.35 bits per heavy atom. The molecule has 3 N–H and O–H groups in total. The Kier molecular flexibility index (Phi) is 6.24. The summed E-state index contributed by atoms with van der Waals surface area (Å²) in [7, 11) is 0. The molecule has 20 heavy (non-hydrogen) atoms. The van der Waals surface area contributed by atoms with Crippen LogP contribution in [-0.2, 0) is 4.79 Å². The van der Waals surface area contributed by atoms with Crippen molar-refractivity contribution in [1.29, 1.82) is 0 Å². The number of nitrogens with two attached hydrogens (primary N) is 1. The Morgan fingerprint density at radius 2 is 2.00 bits per heavy atom. The summed E-state index contributed by atoms with van der Waals surface area (Å²) in [5.74, 6) is 0.427.